The maximum atomic E-state index is 11.1. The van der Waals surface area contributed by atoms with Crippen LogP contribution in [-0.2, 0) is 9.53 Å². The van der Waals surface area contributed by atoms with Gasteiger partial charge in [-0.05, 0) is 24.7 Å². The summed E-state index contributed by atoms with van der Waals surface area (Å²) in [5.74, 6) is 1.08. The Morgan fingerprint density at radius 1 is 1.12 bits per heavy atom. The number of carbonyl (C=O) groups excluding carboxylic acids is 1. The van der Waals surface area contributed by atoms with Crippen molar-refractivity contribution >= 4 is 5.97 Å². The lowest BCUT2D eigenvalue weighted by molar-refractivity contribution is -0.134. The molecule has 0 saturated heterocycles. The summed E-state index contributed by atoms with van der Waals surface area (Å²) in [6.07, 6.45) is 5.64. The molecule has 100 valence electrons. The maximum absolute atomic E-state index is 11.1. The maximum Gasteiger partial charge on any atom is 0.331 e. The van der Waals surface area contributed by atoms with Crippen LogP contribution in [0.25, 0.3) is 0 Å². The number of rotatable bonds is 8. The normalized spacial score (nSPS) is 11.5. The highest BCUT2D eigenvalue weighted by atomic mass is 16.5. The summed E-state index contributed by atoms with van der Waals surface area (Å²) >= 11 is 0. The minimum atomic E-state index is -0.288. The second-order valence-electron chi connectivity index (χ2n) is 5.24. The van der Waals surface area contributed by atoms with Crippen molar-refractivity contribution in [2.75, 3.05) is 20.2 Å². The third-order valence-corrected chi connectivity index (χ3v) is 2.61. The van der Waals surface area contributed by atoms with Crippen LogP contribution in [0.1, 0.15) is 40.5 Å². The average Bonchev–Trinajstić information content (AvgIpc) is 2.26. The summed E-state index contributed by atoms with van der Waals surface area (Å²) in [6, 6.07) is 0. The first kappa shape index (κ1) is 16.0. The molecule has 0 fully saturated rings. The Balaban J connectivity index is 4.18. The molecule has 0 bridgehead atoms. The van der Waals surface area contributed by atoms with E-state index in [9.17, 15) is 4.79 Å². The first-order valence-corrected chi connectivity index (χ1v) is 6.46. The molecular weight excluding hydrogens is 214 g/mol. The van der Waals surface area contributed by atoms with E-state index in [0.717, 1.165) is 25.9 Å². The topological polar surface area (TPSA) is 29.5 Å². The second-order valence-corrected chi connectivity index (χ2v) is 5.24. The van der Waals surface area contributed by atoms with Gasteiger partial charge in [-0.3, -0.25) is 0 Å². The molecule has 0 radical (unpaired) electrons. The number of methoxy groups -OCH3 is 1. The summed E-state index contributed by atoms with van der Waals surface area (Å²) in [5, 5.41) is 0. The molecule has 0 unspecified atom stereocenters. The van der Waals surface area contributed by atoms with Crippen molar-refractivity contribution in [1.29, 1.82) is 0 Å². The molecule has 0 atom stereocenters. The molecule has 3 heteroatoms. The van der Waals surface area contributed by atoms with Gasteiger partial charge in [0.15, 0.2) is 0 Å². The molecule has 3 nitrogen and oxygen atoms in total. The number of nitrogens with zero attached hydrogens (tertiary/aromatic N) is 1. The summed E-state index contributed by atoms with van der Waals surface area (Å²) in [6.45, 7) is 10.8. The van der Waals surface area contributed by atoms with Crippen molar-refractivity contribution in [3.63, 3.8) is 0 Å². The van der Waals surface area contributed by atoms with Crippen molar-refractivity contribution in [2.24, 2.45) is 11.8 Å². The van der Waals surface area contributed by atoms with Gasteiger partial charge in [-0.15, -0.1) is 0 Å². The van der Waals surface area contributed by atoms with Gasteiger partial charge in [0, 0.05) is 25.4 Å². The van der Waals surface area contributed by atoms with Crippen molar-refractivity contribution in [1.82, 2.24) is 4.90 Å². The Bertz CT molecular complexity index is 222. The van der Waals surface area contributed by atoms with Crippen LogP contribution in [-0.4, -0.2) is 31.1 Å². The van der Waals surface area contributed by atoms with Crippen LogP contribution < -0.4 is 0 Å². The largest absolute Gasteiger partial charge is 0.466 e. The van der Waals surface area contributed by atoms with E-state index in [1.165, 1.54) is 13.2 Å². The third-order valence-electron chi connectivity index (χ3n) is 2.61. The van der Waals surface area contributed by atoms with Crippen molar-refractivity contribution < 1.29 is 9.53 Å². The molecule has 0 aromatic heterocycles. The minimum Gasteiger partial charge on any atom is -0.466 e. The second kappa shape index (κ2) is 9.08. The van der Waals surface area contributed by atoms with Gasteiger partial charge in [0.2, 0.25) is 0 Å². The van der Waals surface area contributed by atoms with Crippen molar-refractivity contribution in [2.45, 2.75) is 40.5 Å². The quantitative estimate of drug-likeness (QED) is 0.483. The van der Waals surface area contributed by atoms with Crippen molar-refractivity contribution in [3.05, 3.63) is 12.3 Å². The number of carbonyl (C=O) groups is 1. The summed E-state index contributed by atoms with van der Waals surface area (Å²) in [7, 11) is 1.40. The smallest absolute Gasteiger partial charge is 0.331 e. The molecule has 0 aliphatic heterocycles. The lowest BCUT2D eigenvalue weighted by atomic mass is 10.1. The Labute approximate surface area is 106 Å². The Morgan fingerprint density at radius 2 is 1.59 bits per heavy atom. The van der Waals surface area contributed by atoms with Gasteiger partial charge >= 0.3 is 5.97 Å². The first-order chi connectivity index (χ1) is 7.95. The van der Waals surface area contributed by atoms with Gasteiger partial charge in [-0.25, -0.2) is 4.79 Å². The van der Waals surface area contributed by atoms with Crippen LogP contribution in [0.15, 0.2) is 12.3 Å². The van der Waals surface area contributed by atoms with Crippen molar-refractivity contribution in [3.8, 4) is 0 Å². The molecule has 0 heterocycles. The molecule has 0 saturated carbocycles. The summed E-state index contributed by atoms with van der Waals surface area (Å²) in [5.41, 5.74) is 0. The monoisotopic (exact) mass is 241 g/mol. The highest BCUT2D eigenvalue weighted by molar-refractivity contribution is 5.81. The molecular formula is C14H27NO2. The zero-order chi connectivity index (χ0) is 13.3. The predicted octanol–water partition coefficient (Wildman–Crippen LogP) is 3.07. The average molecular weight is 241 g/mol. The number of ether oxygens (including phenoxy) is 1. The van der Waals surface area contributed by atoms with Crippen LogP contribution in [0.4, 0.5) is 0 Å². The molecule has 0 spiro atoms. The predicted molar refractivity (Wildman–Crippen MR) is 71.6 cm³/mol. The van der Waals surface area contributed by atoms with Gasteiger partial charge in [0.05, 0.1) is 7.11 Å². The zero-order valence-corrected chi connectivity index (χ0v) is 11.9. The lowest BCUT2D eigenvalue weighted by Crippen LogP contribution is -2.22. The fourth-order valence-corrected chi connectivity index (χ4v) is 1.34. The molecule has 0 aliphatic carbocycles. The molecule has 0 aromatic rings. The van der Waals surface area contributed by atoms with E-state index in [-0.39, 0.29) is 5.97 Å². The fourth-order valence-electron chi connectivity index (χ4n) is 1.34. The minimum absolute atomic E-state index is 0.288. The number of esters is 1. The van der Waals surface area contributed by atoms with Gasteiger partial charge in [-0.2, -0.15) is 0 Å². The summed E-state index contributed by atoms with van der Waals surface area (Å²) < 4.78 is 4.60. The van der Waals surface area contributed by atoms with Crippen LogP contribution in [0.5, 0.6) is 0 Å². The van der Waals surface area contributed by atoms with E-state index in [4.69, 9.17) is 0 Å². The van der Waals surface area contributed by atoms with Gasteiger partial charge in [0.25, 0.3) is 0 Å². The third kappa shape index (κ3) is 9.91. The van der Waals surface area contributed by atoms with Crippen LogP contribution >= 0.6 is 0 Å². The van der Waals surface area contributed by atoms with Gasteiger partial charge in [-0.1, -0.05) is 27.7 Å². The molecule has 17 heavy (non-hydrogen) atoms. The van der Waals surface area contributed by atoms with E-state index in [1.807, 2.05) is 6.20 Å². The molecule has 0 rings (SSSR count). The van der Waals surface area contributed by atoms with E-state index < -0.39 is 0 Å². The highest BCUT2D eigenvalue weighted by Crippen LogP contribution is 2.07. The van der Waals surface area contributed by atoms with E-state index in [1.54, 1.807) is 0 Å². The molecule has 0 N–H and O–H groups in total. The standard InChI is InChI=1S/C14H27NO2/c1-12(2)6-9-15(10-7-13(3)4)11-8-14(16)17-5/h8,11-13H,6-7,9-10H2,1-5H3/b11-8+. The fraction of sp³-hybridized carbons (Fsp3) is 0.786. The highest BCUT2D eigenvalue weighted by Gasteiger charge is 2.04. The van der Waals surface area contributed by atoms with Crippen LogP contribution in [0.3, 0.4) is 0 Å². The Kier molecular flexibility index (Phi) is 8.55. The molecule has 0 aromatic carbocycles. The zero-order valence-electron chi connectivity index (χ0n) is 11.9. The van der Waals surface area contributed by atoms with E-state index in [2.05, 4.69) is 37.3 Å². The van der Waals surface area contributed by atoms with Gasteiger partial charge < -0.3 is 9.64 Å². The summed E-state index contributed by atoms with van der Waals surface area (Å²) in [4.78, 5) is 13.3. The Hall–Kier alpha value is -0.990. The van der Waals surface area contributed by atoms with Crippen LogP contribution in [0, 0.1) is 11.8 Å². The SMILES string of the molecule is COC(=O)/C=C/N(CCC(C)C)CCC(C)C. The van der Waals surface area contributed by atoms with E-state index in [0.29, 0.717) is 11.8 Å². The van der Waals surface area contributed by atoms with Gasteiger partial charge in [0.1, 0.15) is 0 Å². The first-order valence-electron chi connectivity index (χ1n) is 6.46. The molecule has 0 amide bonds. The van der Waals surface area contributed by atoms with E-state index >= 15 is 0 Å². The van der Waals surface area contributed by atoms with Crippen LogP contribution in [0.2, 0.25) is 0 Å². The molecule has 0 aliphatic rings. The Morgan fingerprint density at radius 3 is 1.94 bits per heavy atom. The lowest BCUT2D eigenvalue weighted by Gasteiger charge is -2.22. The number of hydrogen-bond donors (Lipinski definition) is 0. The number of hydrogen-bond acceptors (Lipinski definition) is 3.